The highest BCUT2D eigenvalue weighted by Crippen LogP contribution is 2.06. The molecule has 0 fully saturated rings. The van der Waals surface area contributed by atoms with Crippen LogP contribution in [0.5, 0.6) is 0 Å². The molecule has 118 valence electrons. The zero-order chi connectivity index (χ0) is 15.8. The molecule has 1 heterocycles. The molecule has 0 aliphatic rings. The second kappa shape index (κ2) is 8.19. The monoisotopic (exact) mass is 302 g/mol. The number of hydrogen-bond acceptors (Lipinski definition) is 3. The summed E-state index contributed by atoms with van der Waals surface area (Å²) in [5.74, 6) is 0. The van der Waals surface area contributed by atoms with E-state index in [2.05, 4.69) is 15.6 Å². The Hall–Kier alpha value is -2.34. The number of aliphatic hydroxyl groups is 1. The lowest BCUT2D eigenvalue weighted by Crippen LogP contribution is -2.36. The predicted molar refractivity (Wildman–Crippen MR) is 84.3 cm³/mol. The molecule has 22 heavy (non-hydrogen) atoms. The average molecular weight is 302 g/mol. The van der Waals surface area contributed by atoms with Crippen LogP contribution in [0, 0.1) is 0 Å². The topological polar surface area (TPSA) is 79.2 Å². The minimum Gasteiger partial charge on any atom is -0.393 e. The van der Waals surface area contributed by atoms with E-state index < -0.39 is 6.10 Å². The lowest BCUT2D eigenvalue weighted by molar-refractivity contribution is 0.183. The van der Waals surface area contributed by atoms with Crippen molar-refractivity contribution in [2.45, 2.75) is 32.5 Å². The fourth-order valence-corrected chi connectivity index (χ4v) is 1.99. The minimum absolute atomic E-state index is 0.219. The molecular weight excluding hydrogens is 280 g/mol. The van der Waals surface area contributed by atoms with Crippen molar-refractivity contribution < 1.29 is 9.90 Å². The molecule has 2 amide bonds. The number of hydrogen-bond donors (Lipinski definition) is 3. The Kier molecular flexibility index (Phi) is 5.97. The summed E-state index contributed by atoms with van der Waals surface area (Å²) in [5.41, 5.74) is 2.23. The van der Waals surface area contributed by atoms with Crippen molar-refractivity contribution in [2.75, 3.05) is 6.54 Å². The normalized spacial score (nSPS) is 11.9. The molecule has 0 radical (unpaired) electrons. The first kappa shape index (κ1) is 16.0. The highest BCUT2D eigenvalue weighted by molar-refractivity contribution is 5.73. The van der Waals surface area contributed by atoms with Crippen LogP contribution >= 0.6 is 0 Å². The fourth-order valence-electron chi connectivity index (χ4n) is 1.99. The van der Waals surface area contributed by atoms with Gasteiger partial charge < -0.3 is 20.3 Å². The van der Waals surface area contributed by atoms with Gasteiger partial charge in [0, 0.05) is 32.0 Å². The molecule has 0 aliphatic carbocycles. The molecule has 3 N–H and O–H groups in total. The van der Waals surface area contributed by atoms with Gasteiger partial charge in [0.05, 0.1) is 12.4 Å². The van der Waals surface area contributed by atoms with Crippen molar-refractivity contribution in [3.05, 3.63) is 54.1 Å². The molecule has 2 rings (SSSR count). The Labute approximate surface area is 130 Å². The highest BCUT2D eigenvalue weighted by atomic mass is 16.3. The minimum atomic E-state index is -0.400. The summed E-state index contributed by atoms with van der Waals surface area (Å²) in [6, 6.07) is 7.87. The molecule has 0 saturated carbocycles. The van der Waals surface area contributed by atoms with Crippen molar-refractivity contribution in [3.8, 4) is 0 Å². The standard InChI is InChI=1S/C16H22N4O2/c1-13(21)6-7-18-16(22)19-10-14-2-4-15(5-3-14)11-20-9-8-17-12-20/h2-5,8-9,12-13,21H,6-7,10-11H2,1H3,(H2,18,19,22). The number of rotatable bonds is 7. The molecule has 6 heteroatoms. The van der Waals surface area contributed by atoms with Crippen LogP contribution in [0.1, 0.15) is 24.5 Å². The van der Waals surface area contributed by atoms with Gasteiger partial charge in [-0.25, -0.2) is 9.78 Å². The molecular formula is C16H22N4O2. The summed E-state index contributed by atoms with van der Waals surface area (Å²) < 4.78 is 2.00. The first-order valence-electron chi connectivity index (χ1n) is 7.37. The molecule has 0 saturated heterocycles. The maximum Gasteiger partial charge on any atom is 0.315 e. The van der Waals surface area contributed by atoms with Crippen molar-refractivity contribution in [2.24, 2.45) is 0 Å². The van der Waals surface area contributed by atoms with Crippen LogP contribution < -0.4 is 10.6 Å². The van der Waals surface area contributed by atoms with Crippen molar-refractivity contribution in [1.29, 1.82) is 0 Å². The number of benzene rings is 1. The molecule has 0 aliphatic heterocycles. The van der Waals surface area contributed by atoms with Crippen LogP contribution in [0.25, 0.3) is 0 Å². The Morgan fingerprint density at radius 3 is 2.64 bits per heavy atom. The highest BCUT2D eigenvalue weighted by Gasteiger charge is 2.02. The number of aliphatic hydroxyl groups excluding tert-OH is 1. The number of nitrogens with one attached hydrogen (secondary N) is 2. The van der Waals surface area contributed by atoms with E-state index in [1.807, 2.05) is 35.0 Å². The quantitative estimate of drug-likeness (QED) is 0.725. The summed E-state index contributed by atoms with van der Waals surface area (Å²) in [4.78, 5) is 15.6. The molecule has 1 aromatic heterocycles. The van der Waals surface area contributed by atoms with Gasteiger partial charge in [-0.15, -0.1) is 0 Å². The summed E-state index contributed by atoms with van der Waals surface area (Å²) in [6.45, 7) is 3.43. The van der Waals surface area contributed by atoms with E-state index in [0.29, 0.717) is 19.5 Å². The molecule has 0 spiro atoms. The van der Waals surface area contributed by atoms with Crippen LogP contribution in [0.4, 0.5) is 4.79 Å². The zero-order valence-electron chi connectivity index (χ0n) is 12.7. The van der Waals surface area contributed by atoms with Crippen LogP contribution in [0.3, 0.4) is 0 Å². The number of amides is 2. The van der Waals surface area contributed by atoms with E-state index >= 15 is 0 Å². The second-order valence-corrected chi connectivity index (χ2v) is 5.30. The van der Waals surface area contributed by atoms with Crippen molar-refractivity contribution in [1.82, 2.24) is 20.2 Å². The number of carbonyl (C=O) groups is 1. The summed E-state index contributed by atoms with van der Waals surface area (Å²) in [5, 5.41) is 14.6. The van der Waals surface area contributed by atoms with E-state index in [0.717, 1.165) is 12.1 Å². The lowest BCUT2D eigenvalue weighted by Gasteiger charge is -2.09. The Bertz CT molecular complexity index is 564. The maximum absolute atomic E-state index is 11.6. The first-order valence-corrected chi connectivity index (χ1v) is 7.37. The largest absolute Gasteiger partial charge is 0.393 e. The summed E-state index contributed by atoms with van der Waals surface area (Å²) in [6.07, 6.45) is 5.62. The smallest absolute Gasteiger partial charge is 0.315 e. The van der Waals surface area contributed by atoms with E-state index in [1.54, 1.807) is 19.4 Å². The van der Waals surface area contributed by atoms with Gasteiger partial charge in [-0.1, -0.05) is 24.3 Å². The predicted octanol–water partition coefficient (Wildman–Crippen LogP) is 1.50. The maximum atomic E-state index is 11.6. The van der Waals surface area contributed by atoms with E-state index in [9.17, 15) is 4.79 Å². The second-order valence-electron chi connectivity index (χ2n) is 5.30. The van der Waals surface area contributed by atoms with Crippen LogP contribution in [-0.4, -0.2) is 33.3 Å². The third-order valence-electron chi connectivity index (χ3n) is 3.25. The fraction of sp³-hybridized carbons (Fsp3) is 0.375. The van der Waals surface area contributed by atoms with Crippen molar-refractivity contribution >= 4 is 6.03 Å². The SMILES string of the molecule is CC(O)CCNC(=O)NCc1ccc(Cn2ccnc2)cc1. The van der Waals surface area contributed by atoms with Gasteiger partial charge in [0.2, 0.25) is 0 Å². The Morgan fingerprint density at radius 2 is 2.00 bits per heavy atom. The number of urea groups is 1. The van der Waals surface area contributed by atoms with Gasteiger partial charge >= 0.3 is 6.03 Å². The van der Waals surface area contributed by atoms with Crippen LogP contribution in [0.15, 0.2) is 43.0 Å². The number of aromatic nitrogens is 2. The van der Waals surface area contributed by atoms with Crippen LogP contribution in [0.2, 0.25) is 0 Å². The van der Waals surface area contributed by atoms with Gasteiger partial charge in [0.25, 0.3) is 0 Å². The van der Waals surface area contributed by atoms with Crippen molar-refractivity contribution in [3.63, 3.8) is 0 Å². The summed E-state index contributed by atoms with van der Waals surface area (Å²) in [7, 11) is 0. The molecule has 6 nitrogen and oxygen atoms in total. The van der Waals surface area contributed by atoms with Gasteiger partial charge in [0.15, 0.2) is 0 Å². The third-order valence-corrected chi connectivity index (χ3v) is 3.25. The summed E-state index contributed by atoms with van der Waals surface area (Å²) >= 11 is 0. The van der Waals surface area contributed by atoms with E-state index in [-0.39, 0.29) is 6.03 Å². The molecule has 1 aromatic carbocycles. The zero-order valence-corrected chi connectivity index (χ0v) is 12.7. The number of carbonyl (C=O) groups excluding carboxylic acids is 1. The Balaban J connectivity index is 1.73. The number of nitrogens with zero attached hydrogens (tertiary/aromatic N) is 2. The molecule has 1 unspecified atom stereocenters. The number of imidazole rings is 1. The van der Waals surface area contributed by atoms with Gasteiger partial charge in [-0.05, 0) is 24.5 Å². The van der Waals surface area contributed by atoms with E-state index in [1.165, 1.54) is 5.56 Å². The molecule has 1 atom stereocenters. The lowest BCUT2D eigenvalue weighted by atomic mass is 10.1. The average Bonchev–Trinajstić information content (AvgIpc) is 2.99. The van der Waals surface area contributed by atoms with Gasteiger partial charge in [-0.2, -0.15) is 0 Å². The first-order chi connectivity index (χ1) is 10.6. The third kappa shape index (κ3) is 5.57. The molecule has 2 aromatic rings. The Morgan fingerprint density at radius 1 is 1.27 bits per heavy atom. The van der Waals surface area contributed by atoms with Crippen LogP contribution in [-0.2, 0) is 13.1 Å². The molecule has 0 bridgehead atoms. The van der Waals surface area contributed by atoms with Gasteiger partial charge in [0.1, 0.15) is 0 Å². The van der Waals surface area contributed by atoms with Gasteiger partial charge in [-0.3, -0.25) is 0 Å². The van der Waals surface area contributed by atoms with E-state index in [4.69, 9.17) is 5.11 Å².